The number of hydrogen-bond acceptors (Lipinski definition) is 6. The molecule has 9 heteroatoms. The molecular weight excluding hydrogens is 502 g/mol. The molecule has 2 unspecified atom stereocenters. The molecule has 0 radical (unpaired) electrons. The van der Waals surface area contributed by atoms with Crippen LogP contribution in [0.4, 0.5) is 10.5 Å². The number of thioether (sulfide) groups is 1. The summed E-state index contributed by atoms with van der Waals surface area (Å²) in [6, 6.07) is 11.0. The number of alkyl carbamates (subject to hydrolysis) is 1. The number of likely N-dealkylation sites (N-methyl/N-ethyl adjacent to an activating group) is 1. The molecule has 0 spiro atoms. The maximum Gasteiger partial charge on any atom is 0.408 e. The molecule has 0 aromatic heterocycles. The Morgan fingerprint density at radius 1 is 1.03 bits per heavy atom. The van der Waals surface area contributed by atoms with Gasteiger partial charge in [0.25, 0.3) is 5.91 Å². The summed E-state index contributed by atoms with van der Waals surface area (Å²) in [6.07, 6.45) is 1.67. The molecule has 0 heterocycles. The maximum atomic E-state index is 14.0. The summed E-state index contributed by atoms with van der Waals surface area (Å²) in [5.74, 6) is 0.633. The Morgan fingerprint density at radius 3 is 2.13 bits per heavy atom. The lowest BCUT2D eigenvalue weighted by Crippen LogP contribution is -2.52. The average molecular weight is 544 g/mol. The summed E-state index contributed by atoms with van der Waals surface area (Å²) in [6.45, 7) is 11.3. The molecule has 2 atom stereocenters. The Morgan fingerprint density at radius 2 is 1.63 bits per heavy atom. The van der Waals surface area contributed by atoms with Crippen LogP contribution in [0.2, 0.25) is 0 Å². The molecule has 2 rings (SSSR count). The molecule has 0 fully saturated rings. The van der Waals surface area contributed by atoms with Crippen molar-refractivity contribution in [3.8, 4) is 5.75 Å². The van der Waals surface area contributed by atoms with Crippen molar-refractivity contribution >= 4 is 35.4 Å². The van der Waals surface area contributed by atoms with E-state index in [2.05, 4.69) is 10.6 Å². The van der Waals surface area contributed by atoms with Crippen LogP contribution in [0.3, 0.4) is 0 Å². The molecule has 0 saturated heterocycles. The van der Waals surface area contributed by atoms with Gasteiger partial charge in [-0.1, -0.05) is 18.2 Å². The fraction of sp³-hybridized carbons (Fsp3) is 0.483. The van der Waals surface area contributed by atoms with Crippen molar-refractivity contribution in [1.29, 1.82) is 0 Å². The maximum absolute atomic E-state index is 14.0. The van der Waals surface area contributed by atoms with Crippen molar-refractivity contribution < 1.29 is 23.9 Å². The van der Waals surface area contributed by atoms with Crippen LogP contribution in [0.15, 0.2) is 42.5 Å². The Balaban J connectivity index is 2.49. The van der Waals surface area contributed by atoms with Gasteiger partial charge in [-0.05, 0) is 101 Å². The number of nitrogens with one attached hydrogen (secondary N) is 2. The zero-order chi connectivity index (χ0) is 28.5. The highest BCUT2D eigenvalue weighted by molar-refractivity contribution is 7.98. The van der Waals surface area contributed by atoms with E-state index in [-0.39, 0.29) is 18.4 Å². The normalized spacial score (nSPS) is 12.7. The Bertz CT molecular complexity index is 1080. The fourth-order valence-corrected chi connectivity index (χ4v) is 4.65. The van der Waals surface area contributed by atoms with Gasteiger partial charge in [0.1, 0.15) is 23.4 Å². The molecule has 38 heavy (non-hydrogen) atoms. The second-order valence-corrected chi connectivity index (χ2v) is 11.0. The number of carbonyl (C=O) groups excluding carboxylic acids is 3. The van der Waals surface area contributed by atoms with Gasteiger partial charge in [0.2, 0.25) is 5.91 Å². The first-order valence-electron chi connectivity index (χ1n) is 12.7. The smallest absolute Gasteiger partial charge is 0.408 e. The number of ether oxygens (including phenoxy) is 2. The fourth-order valence-electron chi connectivity index (χ4n) is 4.18. The zero-order valence-electron chi connectivity index (χ0n) is 23.7. The molecule has 0 aliphatic rings. The van der Waals surface area contributed by atoms with Crippen molar-refractivity contribution in [2.24, 2.45) is 0 Å². The first-order chi connectivity index (χ1) is 17.9. The monoisotopic (exact) mass is 543 g/mol. The van der Waals surface area contributed by atoms with E-state index >= 15 is 0 Å². The lowest BCUT2D eigenvalue weighted by atomic mass is 9.93. The number of hydrogen-bond donors (Lipinski definition) is 2. The Hall–Kier alpha value is -3.20. The molecule has 0 bridgehead atoms. The number of rotatable bonds is 11. The molecule has 8 nitrogen and oxygen atoms in total. The van der Waals surface area contributed by atoms with Crippen LogP contribution in [0.5, 0.6) is 5.75 Å². The van der Waals surface area contributed by atoms with Crippen molar-refractivity contribution in [3.05, 3.63) is 59.2 Å². The van der Waals surface area contributed by atoms with E-state index in [0.717, 1.165) is 16.7 Å². The summed E-state index contributed by atoms with van der Waals surface area (Å²) in [5.41, 5.74) is 2.43. The van der Waals surface area contributed by atoms with Crippen molar-refractivity contribution in [3.63, 3.8) is 0 Å². The van der Waals surface area contributed by atoms with Gasteiger partial charge in [-0.15, -0.1) is 0 Å². The third-order valence-electron chi connectivity index (χ3n) is 5.96. The van der Waals surface area contributed by atoms with Crippen LogP contribution in [0, 0.1) is 13.8 Å². The quantitative estimate of drug-likeness (QED) is 0.389. The van der Waals surface area contributed by atoms with Gasteiger partial charge in [0, 0.05) is 12.2 Å². The minimum atomic E-state index is -0.909. The largest absolute Gasteiger partial charge is 0.497 e. The Labute approximate surface area is 230 Å². The summed E-state index contributed by atoms with van der Waals surface area (Å²) in [5, 5.41) is 5.71. The first kappa shape index (κ1) is 31.0. The minimum Gasteiger partial charge on any atom is -0.497 e. The van der Waals surface area contributed by atoms with Crippen LogP contribution in [0.25, 0.3) is 0 Å². The van der Waals surface area contributed by atoms with Crippen LogP contribution >= 0.6 is 11.8 Å². The molecule has 0 aliphatic carbocycles. The number of benzene rings is 2. The van der Waals surface area contributed by atoms with Crippen LogP contribution in [-0.2, 0) is 14.3 Å². The zero-order valence-corrected chi connectivity index (χ0v) is 24.5. The van der Waals surface area contributed by atoms with Crippen molar-refractivity contribution in [1.82, 2.24) is 10.2 Å². The third kappa shape index (κ3) is 8.68. The highest BCUT2D eigenvalue weighted by atomic mass is 32.2. The number of anilines is 1. The van der Waals surface area contributed by atoms with Gasteiger partial charge >= 0.3 is 6.09 Å². The lowest BCUT2D eigenvalue weighted by Gasteiger charge is -2.35. The molecule has 0 aliphatic heterocycles. The van der Waals surface area contributed by atoms with E-state index in [1.807, 2.05) is 45.2 Å². The molecule has 3 amide bonds. The molecular formula is C29H41N3O5S. The van der Waals surface area contributed by atoms with Crippen LogP contribution in [-0.4, -0.2) is 60.1 Å². The highest BCUT2D eigenvalue weighted by Gasteiger charge is 2.36. The van der Waals surface area contributed by atoms with Crippen molar-refractivity contribution in [2.45, 2.75) is 65.6 Å². The van der Waals surface area contributed by atoms with Crippen molar-refractivity contribution in [2.75, 3.05) is 31.0 Å². The van der Waals surface area contributed by atoms with E-state index < -0.39 is 23.8 Å². The number of aryl methyl sites for hydroxylation is 2. The standard InChI is InChI=1S/C29H41N3O5S/c1-9-32(27(34)23(17-18-38-8)31-28(35)37-29(4,5)6)25(24-19(2)11-10-12-20(24)3)26(33)30-21-13-15-22(36-7)16-14-21/h10-16,23,25H,9,17-18H2,1-8H3,(H,30,33)(H,31,35). The predicted molar refractivity (Wildman–Crippen MR) is 154 cm³/mol. The van der Waals surface area contributed by atoms with Gasteiger partial charge in [0.05, 0.1) is 7.11 Å². The second kappa shape index (κ2) is 14.1. The number of amides is 3. The molecule has 208 valence electrons. The van der Waals surface area contributed by atoms with E-state index in [1.165, 1.54) is 4.90 Å². The predicted octanol–water partition coefficient (Wildman–Crippen LogP) is 5.49. The van der Waals surface area contributed by atoms with Crippen LogP contribution in [0.1, 0.15) is 56.8 Å². The van der Waals surface area contributed by atoms with E-state index in [0.29, 0.717) is 23.6 Å². The molecule has 0 saturated carbocycles. The van der Waals surface area contributed by atoms with Crippen LogP contribution < -0.4 is 15.4 Å². The molecule has 2 aromatic rings. The van der Waals surface area contributed by atoms with Gasteiger partial charge in [-0.2, -0.15) is 11.8 Å². The molecule has 2 N–H and O–H groups in total. The van der Waals surface area contributed by atoms with E-state index in [1.54, 1.807) is 63.9 Å². The summed E-state index contributed by atoms with van der Waals surface area (Å²) >= 11 is 1.58. The summed E-state index contributed by atoms with van der Waals surface area (Å²) < 4.78 is 10.6. The third-order valence-corrected chi connectivity index (χ3v) is 6.60. The van der Waals surface area contributed by atoms with Gasteiger partial charge in [0.15, 0.2) is 0 Å². The number of nitrogens with zero attached hydrogens (tertiary/aromatic N) is 1. The lowest BCUT2D eigenvalue weighted by molar-refractivity contribution is -0.140. The summed E-state index contributed by atoms with van der Waals surface area (Å²) in [7, 11) is 1.58. The number of methoxy groups -OCH3 is 1. The van der Waals surface area contributed by atoms with Gasteiger partial charge in [-0.25, -0.2) is 4.79 Å². The average Bonchev–Trinajstić information content (AvgIpc) is 2.85. The first-order valence-corrected chi connectivity index (χ1v) is 14.1. The Kier molecular flexibility index (Phi) is 11.5. The molecule has 2 aromatic carbocycles. The highest BCUT2D eigenvalue weighted by Crippen LogP contribution is 2.30. The summed E-state index contributed by atoms with van der Waals surface area (Å²) in [4.78, 5) is 42.0. The second-order valence-electron chi connectivity index (χ2n) is 10.0. The minimum absolute atomic E-state index is 0.263. The SMILES string of the molecule is CCN(C(=O)C(CCSC)NC(=O)OC(C)(C)C)C(C(=O)Nc1ccc(OC)cc1)c1c(C)cccc1C. The van der Waals surface area contributed by atoms with Gasteiger partial charge in [-0.3, -0.25) is 9.59 Å². The number of carbonyl (C=O) groups is 3. The van der Waals surface area contributed by atoms with E-state index in [9.17, 15) is 14.4 Å². The topological polar surface area (TPSA) is 97.0 Å². The van der Waals surface area contributed by atoms with E-state index in [4.69, 9.17) is 9.47 Å². The van der Waals surface area contributed by atoms with Gasteiger partial charge < -0.3 is 25.0 Å².